The molecule has 33 heavy (non-hydrogen) atoms. The molecule has 2 amide bonds. The van der Waals surface area contributed by atoms with E-state index in [9.17, 15) is 40.3 Å². The molecule has 0 radical (unpaired) electrons. The van der Waals surface area contributed by atoms with Crippen molar-refractivity contribution in [3.8, 4) is 0 Å². The zero-order valence-electron chi connectivity index (χ0n) is 16.7. The van der Waals surface area contributed by atoms with Gasteiger partial charge in [0, 0.05) is 25.1 Å². The molecule has 1 fully saturated rings. The number of amides is 2. The SMILES string of the molecule is CC[C@@H](/C=C/C(=O)Nc1nnc(C(F)(F)F)s1)N1C[C@@H](F)C[C@H]1C(N)=O.O=C(O)C(F)(F)F. The molecule has 1 aromatic heterocycles. The van der Waals surface area contributed by atoms with Crippen LogP contribution in [0.4, 0.5) is 35.9 Å². The lowest BCUT2D eigenvalue weighted by atomic mass is 10.1. The number of carboxylic acid groups (broad SMARTS) is 1. The van der Waals surface area contributed by atoms with Gasteiger partial charge >= 0.3 is 18.3 Å². The van der Waals surface area contributed by atoms with Crippen LogP contribution in [0.5, 0.6) is 0 Å². The van der Waals surface area contributed by atoms with Gasteiger partial charge in [-0.15, -0.1) is 10.2 Å². The molecule has 9 nitrogen and oxygen atoms in total. The van der Waals surface area contributed by atoms with Gasteiger partial charge in [-0.25, -0.2) is 9.18 Å². The first-order chi connectivity index (χ1) is 15.1. The van der Waals surface area contributed by atoms with Gasteiger partial charge in [0.15, 0.2) is 0 Å². The summed E-state index contributed by atoms with van der Waals surface area (Å²) in [7, 11) is 0. The van der Waals surface area contributed by atoms with Crippen molar-refractivity contribution in [2.75, 3.05) is 11.9 Å². The van der Waals surface area contributed by atoms with Gasteiger partial charge in [0.05, 0.1) is 6.04 Å². The number of primary amides is 1. The third-order valence-electron chi connectivity index (χ3n) is 4.07. The van der Waals surface area contributed by atoms with Crippen LogP contribution >= 0.6 is 11.3 Å². The summed E-state index contributed by atoms with van der Waals surface area (Å²) in [6.07, 6.45) is -7.87. The van der Waals surface area contributed by atoms with Crippen LogP contribution in [0.1, 0.15) is 24.8 Å². The molecule has 186 valence electrons. The molecule has 0 saturated carbocycles. The zero-order chi connectivity index (χ0) is 25.6. The minimum atomic E-state index is -5.08. The number of rotatable bonds is 6. The Balaban J connectivity index is 0.000000675. The third kappa shape index (κ3) is 8.91. The number of anilines is 1. The van der Waals surface area contributed by atoms with Crippen molar-refractivity contribution in [2.24, 2.45) is 5.73 Å². The minimum Gasteiger partial charge on any atom is -0.475 e. The van der Waals surface area contributed by atoms with Crippen LogP contribution in [0.15, 0.2) is 12.2 Å². The van der Waals surface area contributed by atoms with Crippen LogP contribution in [0.2, 0.25) is 0 Å². The Bertz CT molecular complexity index is 874. The summed E-state index contributed by atoms with van der Waals surface area (Å²) in [6.45, 7) is 1.81. The van der Waals surface area contributed by atoms with Crippen molar-refractivity contribution in [3.05, 3.63) is 17.2 Å². The number of aliphatic carboxylic acids is 1. The van der Waals surface area contributed by atoms with E-state index in [0.29, 0.717) is 6.42 Å². The number of carbonyl (C=O) groups excluding carboxylic acids is 2. The van der Waals surface area contributed by atoms with E-state index in [0.717, 1.165) is 6.08 Å². The first kappa shape index (κ1) is 28.2. The van der Waals surface area contributed by atoms with Crippen molar-refractivity contribution >= 4 is 34.3 Å². The van der Waals surface area contributed by atoms with Crippen molar-refractivity contribution < 1.29 is 50.2 Å². The van der Waals surface area contributed by atoms with Gasteiger partial charge < -0.3 is 10.8 Å². The quantitative estimate of drug-likeness (QED) is 0.395. The number of halogens is 7. The van der Waals surface area contributed by atoms with E-state index in [1.54, 1.807) is 11.8 Å². The highest BCUT2D eigenvalue weighted by atomic mass is 32.1. The number of hydrogen-bond acceptors (Lipinski definition) is 7. The van der Waals surface area contributed by atoms with E-state index >= 15 is 0 Å². The number of likely N-dealkylation sites (tertiary alicyclic amines) is 1. The number of aromatic nitrogens is 2. The fourth-order valence-electron chi connectivity index (χ4n) is 2.67. The second-order valence-corrected chi connectivity index (χ2v) is 7.46. The average molecular weight is 509 g/mol. The normalized spacial score (nSPS) is 20.2. The number of carboxylic acids is 1. The largest absolute Gasteiger partial charge is 0.490 e. The highest BCUT2D eigenvalue weighted by Crippen LogP contribution is 2.33. The fourth-order valence-corrected chi connectivity index (χ4v) is 3.28. The van der Waals surface area contributed by atoms with E-state index in [2.05, 4.69) is 15.5 Å². The van der Waals surface area contributed by atoms with E-state index in [1.807, 2.05) is 0 Å². The molecule has 0 spiro atoms. The number of nitrogens with one attached hydrogen (secondary N) is 1. The Morgan fingerprint density at radius 1 is 1.27 bits per heavy atom. The van der Waals surface area contributed by atoms with Crippen molar-refractivity contribution in [1.82, 2.24) is 15.1 Å². The monoisotopic (exact) mass is 509 g/mol. The predicted octanol–water partition coefficient (Wildman–Crippen LogP) is 2.36. The third-order valence-corrected chi connectivity index (χ3v) is 4.95. The molecule has 0 aliphatic carbocycles. The second kappa shape index (κ2) is 11.4. The summed E-state index contributed by atoms with van der Waals surface area (Å²) >= 11 is 0.204. The highest BCUT2D eigenvalue weighted by molar-refractivity contribution is 7.15. The van der Waals surface area contributed by atoms with E-state index in [4.69, 9.17) is 15.6 Å². The highest BCUT2D eigenvalue weighted by Gasteiger charge is 2.39. The van der Waals surface area contributed by atoms with Gasteiger partial charge in [0.1, 0.15) is 6.17 Å². The lowest BCUT2D eigenvalue weighted by Gasteiger charge is -2.28. The maximum atomic E-state index is 13.6. The molecule has 0 unspecified atom stereocenters. The van der Waals surface area contributed by atoms with Gasteiger partial charge in [0.2, 0.25) is 22.0 Å². The summed E-state index contributed by atoms with van der Waals surface area (Å²) in [5.41, 5.74) is 5.28. The molecule has 4 N–H and O–H groups in total. The number of nitrogens with two attached hydrogens (primary N) is 1. The summed E-state index contributed by atoms with van der Waals surface area (Å²) in [5, 5.41) is 14.1. The first-order valence-corrected chi connectivity index (χ1v) is 9.77. The summed E-state index contributed by atoms with van der Waals surface area (Å²) in [5.74, 6) is -4.11. The first-order valence-electron chi connectivity index (χ1n) is 8.95. The number of alkyl halides is 7. The predicted molar refractivity (Wildman–Crippen MR) is 99.7 cm³/mol. The van der Waals surface area contributed by atoms with E-state index < -0.39 is 53.4 Å². The molecular weight excluding hydrogens is 491 g/mol. The van der Waals surface area contributed by atoms with Crippen LogP contribution < -0.4 is 11.1 Å². The van der Waals surface area contributed by atoms with Crippen LogP contribution in [0.3, 0.4) is 0 Å². The number of nitrogens with zero attached hydrogens (tertiary/aromatic N) is 3. The van der Waals surface area contributed by atoms with Crippen LogP contribution in [0, 0.1) is 0 Å². The minimum absolute atomic E-state index is 0.00310. The molecule has 17 heteroatoms. The fraction of sp³-hybridized carbons (Fsp3) is 0.562. The smallest absolute Gasteiger partial charge is 0.475 e. The van der Waals surface area contributed by atoms with Crippen molar-refractivity contribution in [3.63, 3.8) is 0 Å². The Kier molecular flexibility index (Phi) is 9.71. The molecule has 0 bridgehead atoms. The Morgan fingerprint density at radius 3 is 2.27 bits per heavy atom. The van der Waals surface area contributed by atoms with Crippen molar-refractivity contribution in [2.45, 2.75) is 50.4 Å². The summed E-state index contributed by atoms with van der Waals surface area (Å²) in [6, 6.07) is -1.18. The molecule has 1 aromatic rings. The molecule has 1 saturated heterocycles. The Morgan fingerprint density at radius 2 is 1.85 bits per heavy atom. The van der Waals surface area contributed by atoms with Gasteiger partial charge in [-0.05, 0) is 6.42 Å². The standard InChI is InChI=1S/C14H17F4N5O2S.C2HF3O2/c1-2-8(23-6-7(15)5-9(23)11(19)25)3-4-10(24)20-13-22-21-12(26-13)14(16,17)18;3-2(4,5)1(6)7/h3-4,7-9H,2,5-6H2,1H3,(H2,19,25)(H,20,22,24);(H,6,7)/b4-3+;/t7-,8-,9-;/m0./s1. The van der Waals surface area contributed by atoms with Crippen LogP contribution in [-0.4, -0.2) is 69.0 Å². The molecule has 2 rings (SSSR count). The van der Waals surface area contributed by atoms with Crippen LogP contribution in [-0.2, 0) is 20.6 Å². The number of hydrogen-bond donors (Lipinski definition) is 3. The lowest BCUT2D eigenvalue weighted by molar-refractivity contribution is -0.192. The van der Waals surface area contributed by atoms with Gasteiger partial charge in [-0.3, -0.25) is 19.8 Å². The van der Waals surface area contributed by atoms with Crippen LogP contribution in [0.25, 0.3) is 0 Å². The maximum absolute atomic E-state index is 13.6. The maximum Gasteiger partial charge on any atom is 0.490 e. The van der Waals surface area contributed by atoms with E-state index in [-0.39, 0.29) is 29.4 Å². The molecule has 1 aliphatic rings. The molecular formula is C16H18F7N5O4S. The van der Waals surface area contributed by atoms with Gasteiger partial charge in [0.25, 0.3) is 0 Å². The Labute approximate surface area is 185 Å². The molecule has 0 aromatic carbocycles. The molecule has 2 heterocycles. The lowest BCUT2D eigenvalue weighted by Crippen LogP contribution is -2.45. The number of carbonyl (C=O) groups is 3. The zero-order valence-corrected chi connectivity index (χ0v) is 17.5. The molecule has 1 aliphatic heterocycles. The van der Waals surface area contributed by atoms with E-state index in [1.165, 1.54) is 6.08 Å². The summed E-state index contributed by atoms with van der Waals surface area (Å²) < 4.78 is 82.7. The Hall–Kier alpha value is -2.82. The molecule has 3 atom stereocenters. The topological polar surface area (TPSA) is 139 Å². The van der Waals surface area contributed by atoms with Gasteiger partial charge in [-0.1, -0.05) is 24.3 Å². The van der Waals surface area contributed by atoms with Crippen molar-refractivity contribution in [1.29, 1.82) is 0 Å². The second-order valence-electron chi connectivity index (χ2n) is 6.48. The van der Waals surface area contributed by atoms with Gasteiger partial charge in [-0.2, -0.15) is 26.3 Å². The summed E-state index contributed by atoms with van der Waals surface area (Å²) in [4.78, 5) is 33.8. The average Bonchev–Trinajstić information content (AvgIpc) is 3.29.